The lowest BCUT2D eigenvalue weighted by molar-refractivity contribution is -0.389. The van der Waals surface area contributed by atoms with Crippen LogP contribution >= 0.6 is 46.4 Å². The topological polar surface area (TPSA) is 78.8 Å². The van der Waals surface area contributed by atoms with E-state index in [1.54, 1.807) is 28.9 Å². The maximum Gasteiger partial charge on any atom is 0.389 e. The molecule has 2 heterocycles. The highest BCUT2D eigenvalue weighted by atomic mass is 35.5. The van der Waals surface area contributed by atoms with E-state index >= 15 is 0 Å². The third-order valence-corrected chi connectivity index (χ3v) is 6.15. The van der Waals surface area contributed by atoms with Crippen LogP contribution in [0.15, 0.2) is 48.7 Å². The second-order valence-electron chi connectivity index (χ2n) is 6.69. The molecule has 2 aromatic carbocycles. The summed E-state index contributed by atoms with van der Waals surface area (Å²) in [5, 5.41) is 21.4. The molecule has 0 atom stereocenters. The lowest BCUT2D eigenvalue weighted by Crippen LogP contribution is -2.12. The van der Waals surface area contributed by atoms with Gasteiger partial charge >= 0.3 is 5.82 Å². The van der Waals surface area contributed by atoms with Crippen molar-refractivity contribution in [2.45, 2.75) is 13.6 Å². The average molecular weight is 497 g/mol. The minimum absolute atomic E-state index is 0.144. The fourth-order valence-electron chi connectivity index (χ4n) is 3.24. The van der Waals surface area contributed by atoms with E-state index in [0.29, 0.717) is 25.8 Å². The molecular formula is C20H13Cl4N5O2. The Hall–Kier alpha value is -2.58. The number of benzene rings is 2. The highest BCUT2D eigenvalue weighted by Gasteiger charge is 2.21. The molecule has 0 amide bonds. The number of hydrogen-bond acceptors (Lipinski definition) is 4. The van der Waals surface area contributed by atoms with E-state index in [2.05, 4.69) is 5.10 Å². The van der Waals surface area contributed by atoms with Gasteiger partial charge in [-0.3, -0.25) is 0 Å². The van der Waals surface area contributed by atoms with E-state index in [9.17, 15) is 10.1 Å². The van der Waals surface area contributed by atoms with Crippen LogP contribution in [0.1, 0.15) is 5.56 Å². The zero-order valence-electron chi connectivity index (χ0n) is 15.9. The summed E-state index contributed by atoms with van der Waals surface area (Å²) in [4.78, 5) is 10.4. The van der Waals surface area contributed by atoms with Crippen molar-refractivity contribution in [3.63, 3.8) is 0 Å². The normalized spacial score (nSPS) is 11.1. The van der Waals surface area contributed by atoms with Gasteiger partial charge in [-0.25, -0.2) is 4.68 Å². The maximum atomic E-state index is 11.0. The minimum Gasteiger partial charge on any atom is -0.358 e. The third kappa shape index (κ3) is 4.27. The Labute approximate surface area is 196 Å². The molecule has 2 aromatic heterocycles. The molecular weight excluding hydrogens is 484 g/mol. The average Bonchev–Trinajstić information content (AvgIpc) is 3.31. The lowest BCUT2D eigenvalue weighted by atomic mass is 10.0. The highest BCUT2D eigenvalue weighted by molar-refractivity contribution is 6.42. The Morgan fingerprint density at radius 2 is 1.52 bits per heavy atom. The molecule has 0 spiro atoms. The first-order valence-electron chi connectivity index (χ1n) is 8.90. The van der Waals surface area contributed by atoms with Gasteiger partial charge in [0.2, 0.25) is 0 Å². The zero-order valence-corrected chi connectivity index (χ0v) is 18.9. The van der Waals surface area contributed by atoms with Crippen LogP contribution in [0.2, 0.25) is 20.1 Å². The molecule has 0 radical (unpaired) electrons. The van der Waals surface area contributed by atoms with Crippen LogP contribution in [0.4, 0.5) is 5.82 Å². The van der Waals surface area contributed by atoms with Crippen LogP contribution in [-0.4, -0.2) is 24.5 Å². The molecule has 0 fully saturated rings. The Kier molecular flexibility index (Phi) is 5.94. The predicted molar refractivity (Wildman–Crippen MR) is 122 cm³/mol. The first-order valence-corrected chi connectivity index (χ1v) is 10.4. The minimum atomic E-state index is -0.550. The van der Waals surface area contributed by atoms with Gasteiger partial charge in [-0.05, 0) is 36.1 Å². The summed E-state index contributed by atoms with van der Waals surface area (Å²) in [6.45, 7) is 2.07. The van der Waals surface area contributed by atoms with Gasteiger partial charge in [0, 0.05) is 16.7 Å². The van der Waals surface area contributed by atoms with Crippen LogP contribution in [0.5, 0.6) is 0 Å². The van der Waals surface area contributed by atoms with Crippen molar-refractivity contribution >= 4 is 52.2 Å². The lowest BCUT2D eigenvalue weighted by Gasteiger charge is -2.08. The summed E-state index contributed by atoms with van der Waals surface area (Å²) in [7, 11) is 0. The maximum absolute atomic E-state index is 11.0. The molecule has 0 saturated heterocycles. The molecule has 11 heteroatoms. The Morgan fingerprint density at radius 3 is 2.10 bits per heavy atom. The highest BCUT2D eigenvalue weighted by Crippen LogP contribution is 2.36. The van der Waals surface area contributed by atoms with Gasteiger partial charge in [0.25, 0.3) is 0 Å². The Bertz CT molecular complexity index is 1320. The standard InChI is InChI=1S/C20H13Cl4N5O2/c1-11-19(12-2-4-14(21)16(23)8-12)26-28(10-27-7-6-18(25-27)29(30)31)20(11)13-3-5-15(22)17(24)9-13/h2-9H,10H2,1H3. The molecule has 0 bridgehead atoms. The number of halogens is 4. The van der Waals surface area contributed by atoms with Crippen LogP contribution in [0.3, 0.4) is 0 Å². The van der Waals surface area contributed by atoms with Crippen LogP contribution in [0.25, 0.3) is 22.5 Å². The molecule has 7 nitrogen and oxygen atoms in total. The van der Waals surface area contributed by atoms with Gasteiger partial charge in [0.05, 0.1) is 48.8 Å². The summed E-state index contributed by atoms with van der Waals surface area (Å²) in [5.41, 5.74) is 3.86. The van der Waals surface area contributed by atoms with E-state index in [4.69, 9.17) is 51.5 Å². The number of hydrogen-bond donors (Lipinski definition) is 0. The molecule has 158 valence electrons. The van der Waals surface area contributed by atoms with Crippen molar-refractivity contribution in [2.24, 2.45) is 0 Å². The first kappa shape index (κ1) is 21.6. The smallest absolute Gasteiger partial charge is 0.358 e. The van der Waals surface area contributed by atoms with Gasteiger partial charge in [0.1, 0.15) is 0 Å². The van der Waals surface area contributed by atoms with Gasteiger partial charge in [0.15, 0.2) is 6.67 Å². The molecule has 0 aliphatic carbocycles. The van der Waals surface area contributed by atoms with Crippen molar-refractivity contribution in [1.29, 1.82) is 0 Å². The van der Waals surface area contributed by atoms with Crippen molar-refractivity contribution in [3.8, 4) is 22.5 Å². The van der Waals surface area contributed by atoms with E-state index in [0.717, 1.165) is 22.4 Å². The van der Waals surface area contributed by atoms with Crippen LogP contribution in [0, 0.1) is 17.0 Å². The number of rotatable bonds is 5. The molecule has 4 rings (SSSR count). The summed E-state index contributed by atoms with van der Waals surface area (Å²) in [6.07, 6.45) is 1.52. The number of nitrogens with zero attached hydrogens (tertiary/aromatic N) is 5. The molecule has 0 N–H and O–H groups in total. The van der Waals surface area contributed by atoms with Crippen molar-refractivity contribution in [3.05, 3.63) is 84.4 Å². The number of aromatic nitrogens is 4. The van der Waals surface area contributed by atoms with Crippen LogP contribution in [-0.2, 0) is 6.67 Å². The van der Waals surface area contributed by atoms with Crippen LogP contribution < -0.4 is 0 Å². The quantitative estimate of drug-likeness (QED) is 0.226. The first-order chi connectivity index (χ1) is 14.7. The monoisotopic (exact) mass is 495 g/mol. The Morgan fingerprint density at radius 1 is 0.903 bits per heavy atom. The van der Waals surface area contributed by atoms with E-state index in [1.165, 1.54) is 16.9 Å². The fraction of sp³-hybridized carbons (Fsp3) is 0.100. The van der Waals surface area contributed by atoms with Gasteiger partial charge in [-0.15, -0.1) is 0 Å². The van der Waals surface area contributed by atoms with E-state index in [-0.39, 0.29) is 12.5 Å². The SMILES string of the molecule is Cc1c(-c2ccc(Cl)c(Cl)c2)nn(Cn2ccc([N+](=O)[O-])n2)c1-c1ccc(Cl)c(Cl)c1. The molecule has 0 unspecified atom stereocenters. The zero-order chi connectivity index (χ0) is 22.3. The summed E-state index contributed by atoms with van der Waals surface area (Å²) >= 11 is 24.6. The predicted octanol–water partition coefficient (Wildman–Crippen LogP) is 6.75. The summed E-state index contributed by atoms with van der Waals surface area (Å²) < 4.78 is 3.13. The largest absolute Gasteiger partial charge is 0.389 e. The second kappa shape index (κ2) is 8.51. The molecule has 0 aliphatic rings. The van der Waals surface area contributed by atoms with Crippen molar-refractivity contribution in [2.75, 3.05) is 0 Å². The van der Waals surface area contributed by atoms with Crippen molar-refractivity contribution < 1.29 is 4.92 Å². The van der Waals surface area contributed by atoms with Gasteiger partial charge in [-0.2, -0.15) is 9.78 Å². The second-order valence-corrected chi connectivity index (χ2v) is 8.32. The molecule has 0 saturated carbocycles. The van der Waals surface area contributed by atoms with Crippen molar-refractivity contribution in [1.82, 2.24) is 19.6 Å². The molecule has 31 heavy (non-hydrogen) atoms. The molecule has 4 aromatic rings. The van der Waals surface area contributed by atoms with Gasteiger partial charge in [-0.1, -0.05) is 58.5 Å². The summed E-state index contributed by atoms with van der Waals surface area (Å²) in [5.74, 6) is -0.246. The number of nitro groups is 1. The Balaban J connectivity index is 1.87. The third-order valence-electron chi connectivity index (χ3n) is 4.67. The fourth-order valence-corrected chi connectivity index (χ4v) is 3.84. The molecule has 0 aliphatic heterocycles. The summed E-state index contributed by atoms with van der Waals surface area (Å²) in [6, 6.07) is 11.9. The van der Waals surface area contributed by atoms with E-state index in [1.807, 2.05) is 19.1 Å². The van der Waals surface area contributed by atoms with Gasteiger partial charge < -0.3 is 10.1 Å². The van der Waals surface area contributed by atoms with E-state index < -0.39 is 4.92 Å².